The van der Waals surface area contributed by atoms with Gasteiger partial charge in [-0.25, -0.2) is 0 Å². The topological polar surface area (TPSA) is 55.6 Å². The van der Waals surface area contributed by atoms with Gasteiger partial charge in [-0.2, -0.15) is 0 Å². The Morgan fingerprint density at radius 1 is 1.53 bits per heavy atom. The highest BCUT2D eigenvalue weighted by atomic mass is 32.2. The second-order valence-electron chi connectivity index (χ2n) is 4.90. The SMILES string of the molecule is CC1(CN2CCS(=O)CC2)COCC1N. The summed E-state index contributed by atoms with van der Waals surface area (Å²) in [6.45, 7) is 6.48. The molecular weight excluding hydrogens is 212 g/mol. The van der Waals surface area contributed by atoms with Gasteiger partial charge >= 0.3 is 0 Å². The van der Waals surface area contributed by atoms with Crippen molar-refractivity contribution in [2.75, 3.05) is 44.4 Å². The minimum atomic E-state index is -0.590. The fourth-order valence-corrected chi connectivity index (χ4v) is 3.36. The molecular formula is C10H20N2O2S. The molecule has 2 aliphatic rings. The molecule has 2 N–H and O–H groups in total. The molecule has 2 aliphatic heterocycles. The van der Waals surface area contributed by atoms with Gasteiger partial charge in [0, 0.05) is 53.4 Å². The molecule has 2 unspecified atom stereocenters. The van der Waals surface area contributed by atoms with E-state index in [2.05, 4.69) is 11.8 Å². The van der Waals surface area contributed by atoms with E-state index in [1.165, 1.54) is 0 Å². The third-order valence-corrected chi connectivity index (χ3v) is 4.76. The Morgan fingerprint density at radius 2 is 2.20 bits per heavy atom. The molecule has 0 aromatic heterocycles. The smallest absolute Gasteiger partial charge is 0.0624 e. The molecule has 2 heterocycles. The summed E-state index contributed by atoms with van der Waals surface area (Å²) in [5.74, 6) is 1.62. The molecule has 88 valence electrons. The summed E-state index contributed by atoms with van der Waals surface area (Å²) in [6, 6.07) is 0.143. The van der Waals surface area contributed by atoms with Gasteiger partial charge in [-0.15, -0.1) is 0 Å². The van der Waals surface area contributed by atoms with Crippen LogP contribution in [0.4, 0.5) is 0 Å². The summed E-state index contributed by atoms with van der Waals surface area (Å²) in [5, 5.41) is 0. The first kappa shape index (κ1) is 11.5. The minimum absolute atomic E-state index is 0.0822. The van der Waals surface area contributed by atoms with Crippen molar-refractivity contribution in [1.29, 1.82) is 0 Å². The van der Waals surface area contributed by atoms with Crippen LogP contribution in [0.15, 0.2) is 0 Å². The van der Waals surface area contributed by atoms with Crippen molar-refractivity contribution in [3.05, 3.63) is 0 Å². The van der Waals surface area contributed by atoms with E-state index in [9.17, 15) is 4.21 Å². The maximum Gasteiger partial charge on any atom is 0.0624 e. The molecule has 5 heteroatoms. The third kappa shape index (κ3) is 2.58. The summed E-state index contributed by atoms with van der Waals surface area (Å²) < 4.78 is 16.6. The van der Waals surface area contributed by atoms with Crippen LogP contribution in [0.3, 0.4) is 0 Å². The van der Waals surface area contributed by atoms with Gasteiger partial charge in [-0.3, -0.25) is 4.21 Å². The molecule has 0 spiro atoms. The van der Waals surface area contributed by atoms with Gasteiger partial charge in [0.05, 0.1) is 13.2 Å². The van der Waals surface area contributed by atoms with E-state index in [1.807, 2.05) is 0 Å². The summed E-state index contributed by atoms with van der Waals surface area (Å²) in [6.07, 6.45) is 0. The van der Waals surface area contributed by atoms with Crippen LogP contribution in [-0.4, -0.2) is 59.5 Å². The van der Waals surface area contributed by atoms with Crippen LogP contribution in [0.5, 0.6) is 0 Å². The van der Waals surface area contributed by atoms with Gasteiger partial charge in [0.2, 0.25) is 0 Å². The number of nitrogens with two attached hydrogens (primary N) is 1. The number of hydrogen-bond acceptors (Lipinski definition) is 4. The number of rotatable bonds is 2. The first-order valence-electron chi connectivity index (χ1n) is 5.51. The Bertz CT molecular complexity index is 252. The van der Waals surface area contributed by atoms with Gasteiger partial charge < -0.3 is 15.4 Å². The average molecular weight is 232 g/mol. The molecule has 2 saturated heterocycles. The number of ether oxygens (including phenoxy) is 1. The molecule has 4 nitrogen and oxygen atoms in total. The zero-order valence-corrected chi connectivity index (χ0v) is 10.1. The lowest BCUT2D eigenvalue weighted by Crippen LogP contribution is -2.50. The van der Waals surface area contributed by atoms with Crippen molar-refractivity contribution in [2.45, 2.75) is 13.0 Å². The highest BCUT2D eigenvalue weighted by Crippen LogP contribution is 2.28. The van der Waals surface area contributed by atoms with E-state index in [4.69, 9.17) is 10.5 Å². The molecule has 0 radical (unpaired) electrons. The Kier molecular flexibility index (Phi) is 3.45. The van der Waals surface area contributed by atoms with E-state index < -0.39 is 10.8 Å². The van der Waals surface area contributed by atoms with Crippen molar-refractivity contribution in [2.24, 2.45) is 11.1 Å². The Hall–Kier alpha value is 0.0300. The maximum absolute atomic E-state index is 11.2. The predicted molar refractivity (Wildman–Crippen MR) is 61.2 cm³/mol. The lowest BCUT2D eigenvalue weighted by atomic mass is 9.85. The molecule has 0 aromatic rings. The van der Waals surface area contributed by atoms with Crippen molar-refractivity contribution >= 4 is 10.8 Å². The van der Waals surface area contributed by atoms with Crippen molar-refractivity contribution in [3.63, 3.8) is 0 Å². The first-order chi connectivity index (χ1) is 7.10. The first-order valence-corrected chi connectivity index (χ1v) is 7.00. The van der Waals surface area contributed by atoms with E-state index in [0.717, 1.165) is 37.7 Å². The molecule has 15 heavy (non-hydrogen) atoms. The fraction of sp³-hybridized carbons (Fsp3) is 1.00. The van der Waals surface area contributed by atoms with Crippen LogP contribution in [-0.2, 0) is 15.5 Å². The maximum atomic E-state index is 11.2. The zero-order valence-electron chi connectivity index (χ0n) is 9.28. The van der Waals surface area contributed by atoms with Gasteiger partial charge in [0.25, 0.3) is 0 Å². The van der Waals surface area contributed by atoms with Crippen LogP contribution in [0.25, 0.3) is 0 Å². The number of hydrogen-bond donors (Lipinski definition) is 1. The summed E-state index contributed by atoms with van der Waals surface area (Å²) >= 11 is 0. The molecule has 2 fully saturated rings. The fourth-order valence-electron chi connectivity index (χ4n) is 2.23. The normalized spacial score (nSPS) is 39.7. The van der Waals surface area contributed by atoms with Crippen LogP contribution < -0.4 is 5.73 Å². The van der Waals surface area contributed by atoms with Crippen molar-refractivity contribution in [3.8, 4) is 0 Å². The summed E-state index contributed by atoms with van der Waals surface area (Å²) in [7, 11) is -0.590. The lowest BCUT2D eigenvalue weighted by Gasteiger charge is -2.35. The highest BCUT2D eigenvalue weighted by molar-refractivity contribution is 7.85. The van der Waals surface area contributed by atoms with E-state index in [1.54, 1.807) is 0 Å². The van der Waals surface area contributed by atoms with E-state index in [-0.39, 0.29) is 11.5 Å². The monoisotopic (exact) mass is 232 g/mol. The van der Waals surface area contributed by atoms with E-state index in [0.29, 0.717) is 6.61 Å². The summed E-state index contributed by atoms with van der Waals surface area (Å²) in [5.41, 5.74) is 6.13. The van der Waals surface area contributed by atoms with E-state index >= 15 is 0 Å². The summed E-state index contributed by atoms with van der Waals surface area (Å²) in [4.78, 5) is 2.37. The van der Waals surface area contributed by atoms with Crippen LogP contribution in [0.2, 0.25) is 0 Å². The van der Waals surface area contributed by atoms with Gasteiger partial charge in [0.15, 0.2) is 0 Å². The molecule has 2 atom stereocenters. The largest absolute Gasteiger partial charge is 0.379 e. The third-order valence-electron chi connectivity index (χ3n) is 3.48. The zero-order chi connectivity index (χ0) is 10.9. The lowest BCUT2D eigenvalue weighted by molar-refractivity contribution is 0.123. The van der Waals surface area contributed by atoms with Gasteiger partial charge in [-0.05, 0) is 0 Å². The Morgan fingerprint density at radius 3 is 2.73 bits per heavy atom. The van der Waals surface area contributed by atoms with Gasteiger partial charge in [0.1, 0.15) is 0 Å². The van der Waals surface area contributed by atoms with Crippen LogP contribution in [0.1, 0.15) is 6.92 Å². The number of nitrogens with zero attached hydrogens (tertiary/aromatic N) is 1. The second-order valence-corrected chi connectivity index (χ2v) is 6.60. The molecule has 2 rings (SSSR count). The van der Waals surface area contributed by atoms with Crippen molar-refractivity contribution < 1.29 is 8.95 Å². The Labute approximate surface area is 93.6 Å². The molecule has 0 bridgehead atoms. The van der Waals surface area contributed by atoms with Crippen molar-refractivity contribution in [1.82, 2.24) is 4.90 Å². The minimum Gasteiger partial charge on any atom is -0.379 e. The molecule has 0 aliphatic carbocycles. The molecule has 0 amide bonds. The van der Waals surface area contributed by atoms with Crippen LogP contribution in [0, 0.1) is 5.41 Å². The Balaban J connectivity index is 1.88. The predicted octanol–water partition coefficient (Wildman–Crippen LogP) is -0.585. The molecule has 0 saturated carbocycles. The second kappa shape index (κ2) is 4.49. The molecule has 0 aromatic carbocycles. The highest BCUT2D eigenvalue weighted by Gasteiger charge is 2.39. The standard InChI is InChI=1S/C10H20N2O2S/c1-10(8-14-6-9(10)11)7-12-2-4-15(13)5-3-12/h9H,2-8,11H2,1H3. The quantitative estimate of drug-likeness (QED) is 0.692. The van der Waals surface area contributed by atoms with Gasteiger partial charge in [-0.1, -0.05) is 6.92 Å². The van der Waals surface area contributed by atoms with Crippen LogP contribution >= 0.6 is 0 Å². The average Bonchev–Trinajstić information content (AvgIpc) is 2.51.